The Hall–Kier alpha value is -3.72. The molecule has 1 amide bonds. The summed E-state index contributed by atoms with van der Waals surface area (Å²) in [5, 5.41) is 13.3. The molecule has 0 aromatic heterocycles. The number of nitriles is 1. The summed E-state index contributed by atoms with van der Waals surface area (Å²) in [4.78, 5) is 12.7. The Morgan fingerprint density at radius 2 is 1.88 bits per heavy atom. The van der Waals surface area contributed by atoms with Crippen molar-refractivity contribution in [2.75, 3.05) is 12.4 Å². The fourth-order valence-corrected chi connectivity index (χ4v) is 3.50. The number of rotatable bonds is 9. The number of carbonyl (C=O) groups excluding carboxylic acids is 1. The van der Waals surface area contributed by atoms with E-state index < -0.39 is 5.91 Å². The van der Waals surface area contributed by atoms with E-state index in [0.717, 1.165) is 11.1 Å². The van der Waals surface area contributed by atoms with Gasteiger partial charge in [-0.05, 0) is 60.0 Å². The number of para-hydroxylation sites is 1. The molecule has 0 spiro atoms. The number of nitrogens with one attached hydrogen (secondary N) is 1. The van der Waals surface area contributed by atoms with E-state index in [4.69, 9.17) is 32.7 Å². The van der Waals surface area contributed by atoms with Crippen molar-refractivity contribution in [3.05, 3.63) is 106 Å². The number of anilines is 1. The van der Waals surface area contributed by atoms with Crippen LogP contribution >= 0.6 is 23.2 Å². The van der Waals surface area contributed by atoms with Gasteiger partial charge >= 0.3 is 0 Å². The lowest BCUT2D eigenvalue weighted by Gasteiger charge is -2.16. The summed E-state index contributed by atoms with van der Waals surface area (Å²) >= 11 is 12.1. The van der Waals surface area contributed by atoms with Crippen molar-refractivity contribution in [1.82, 2.24) is 0 Å². The average molecular weight is 493 g/mol. The topological polar surface area (TPSA) is 71.4 Å². The Balaban J connectivity index is 1.90. The minimum absolute atomic E-state index is 0.0821. The van der Waals surface area contributed by atoms with Gasteiger partial charge in [-0.2, -0.15) is 5.26 Å². The molecule has 5 nitrogen and oxygen atoms in total. The van der Waals surface area contributed by atoms with E-state index in [9.17, 15) is 10.1 Å². The van der Waals surface area contributed by atoms with Gasteiger partial charge < -0.3 is 14.8 Å². The fraction of sp³-hybridized carbons (Fsp3) is 0.111. The first-order valence-corrected chi connectivity index (χ1v) is 11.1. The minimum Gasteiger partial charge on any atom is -0.493 e. The maximum absolute atomic E-state index is 12.7. The van der Waals surface area contributed by atoms with Gasteiger partial charge in [0.1, 0.15) is 18.2 Å². The second-order valence-electron chi connectivity index (χ2n) is 7.22. The molecular formula is C27H22Cl2N2O3. The van der Waals surface area contributed by atoms with Gasteiger partial charge in [0.25, 0.3) is 5.91 Å². The number of allylic oxidation sites excluding steroid dienone is 1. The van der Waals surface area contributed by atoms with E-state index in [1.807, 2.05) is 24.3 Å². The van der Waals surface area contributed by atoms with Crippen molar-refractivity contribution in [3.63, 3.8) is 0 Å². The zero-order chi connectivity index (χ0) is 24.5. The molecule has 7 heteroatoms. The van der Waals surface area contributed by atoms with Crippen molar-refractivity contribution >= 4 is 40.9 Å². The maximum Gasteiger partial charge on any atom is 0.266 e. The lowest BCUT2D eigenvalue weighted by molar-refractivity contribution is -0.112. The molecule has 0 aliphatic heterocycles. The standard InChI is InChI=1S/C27H22Cl2N2O3/c1-3-6-20-13-19(14-21(16-30)27(32)31-24-8-5-4-7-23(24)29)15-25(33-2)26(20)34-17-18-9-11-22(28)12-10-18/h3-5,7-15H,1,6,17H2,2H3,(H,31,32)/b21-14+. The summed E-state index contributed by atoms with van der Waals surface area (Å²) in [6, 6.07) is 19.7. The molecule has 0 fully saturated rings. The van der Waals surface area contributed by atoms with Crippen molar-refractivity contribution in [3.8, 4) is 17.6 Å². The summed E-state index contributed by atoms with van der Waals surface area (Å²) < 4.78 is 11.6. The first kappa shape index (κ1) is 24.9. The van der Waals surface area contributed by atoms with Crippen molar-refractivity contribution in [2.45, 2.75) is 13.0 Å². The predicted molar refractivity (Wildman–Crippen MR) is 136 cm³/mol. The molecule has 0 saturated heterocycles. The molecular weight excluding hydrogens is 471 g/mol. The molecule has 0 saturated carbocycles. The van der Waals surface area contributed by atoms with Crippen LogP contribution in [0.5, 0.6) is 11.5 Å². The Bertz CT molecular complexity index is 1260. The van der Waals surface area contributed by atoms with Gasteiger partial charge in [0.2, 0.25) is 0 Å². The molecule has 0 radical (unpaired) electrons. The second kappa shape index (κ2) is 11.9. The quantitative estimate of drug-likeness (QED) is 0.201. The monoisotopic (exact) mass is 492 g/mol. The molecule has 0 unspecified atom stereocenters. The highest BCUT2D eigenvalue weighted by Crippen LogP contribution is 2.35. The highest BCUT2D eigenvalue weighted by Gasteiger charge is 2.15. The second-order valence-corrected chi connectivity index (χ2v) is 8.07. The van der Waals surface area contributed by atoms with Gasteiger partial charge in [0, 0.05) is 10.6 Å². The SMILES string of the molecule is C=CCc1cc(/C=C(\C#N)C(=O)Nc2ccccc2Cl)cc(OC)c1OCc1ccc(Cl)cc1. The zero-order valence-electron chi connectivity index (χ0n) is 18.5. The molecule has 0 bridgehead atoms. The van der Waals surface area contributed by atoms with Gasteiger partial charge in [-0.3, -0.25) is 4.79 Å². The third-order valence-corrected chi connectivity index (χ3v) is 5.41. The molecule has 34 heavy (non-hydrogen) atoms. The van der Waals surface area contributed by atoms with Gasteiger partial charge in [-0.25, -0.2) is 0 Å². The average Bonchev–Trinajstić information content (AvgIpc) is 2.84. The number of methoxy groups -OCH3 is 1. The van der Waals surface area contributed by atoms with Gasteiger partial charge in [-0.1, -0.05) is 53.5 Å². The van der Waals surface area contributed by atoms with Gasteiger partial charge in [0.15, 0.2) is 11.5 Å². The zero-order valence-corrected chi connectivity index (χ0v) is 20.0. The predicted octanol–water partition coefficient (Wildman–Crippen LogP) is 6.86. The number of amides is 1. The summed E-state index contributed by atoms with van der Waals surface area (Å²) in [6.07, 6.45) is 3.73. The number of nitrogens with zero attached hydrogens (tertiary/aromatic N) is 1. The first-order chi connectivity index (χ1) is 16.4. The number of carbonyl (C=O) groups is 1. The first-order valence-electron chi connectivity index (χ1n) is 10.3. The third-order valence-electron chi connectivity index (χ3n) is 4.83. The normalized spacial score (nSPS) is 10.8. The highest BCUT2D eigenvalue weighted by molar-refractivity contribution is 6.34. The van der Waals surface area contributed by atoms with Crippen LogP contribution in [0.3, 0.4) is 0 Å². The highest BCUT2D eigenvalue weighted by atomic mass is 35.5. The molecule has 3 rings (SSSR count). The molecule has 172 valence electrons. The minimum atomic E-state index is -0.567. The number of ether oxygens (including phenoxy) is 2. The summed E-state index contributed by atoms with van der Waals surface area (Å²) in [5.41, 5.74) is 2.70. The van der Waals surface area contributed by atoms with Crippen LogP contribution in [0.25, 0.3) is 6.08 Å². The van der Waals surface area contributed by atoms with E-state index in [1.165, 1.54) is 13.2 Å². The lowest BCUT2D eigenvalue weighted by Crippen LogP contribution is -2.13. The Morgan fingerprint density at radius 3 is 2.53 bits per heavy atom. The van der Waals surface area contributed by atoms with E-state index in [1.54, 1.807) is 48.5 Å². The molecule has 0 aliphatic rings. The Labute approximate surface area is 208 Å². The van der Waals surface area contributed by atoms with Crippen molar-refractivity contribution in [1.29, 1.82) is 5.26 Å². The van der Waals surface area contributed by atoms with E-state index in [2.05, 4.69) is 11.9 Å². The Kier molecular flexibility index (Phi) is 8.75. The molecule has 3 aromatic carbocycles. The number of benzene rings is 3. The summed E-state index contributed by atoms with van der Waals surface area (Å²) in [7, 11) is 1.53. The van der Waals surface area contributed by atoms with E-state index in [0.29, 0.717) is 45.8 Å². The molecule has 0 heterocycles. The van der Waals surface area contributed by atoms with Crippen molar-refractivity contribution < 1.29 is 14.3 Å². The smallest absolute Gasteiger partial charge is 0.266 e. The van der Waals surface area contributed by atoms with Gasteiger partial charge in [-0.15, -0.1) is 6.58 Å². The third kappa shape index (κ3) is 6.41. The van der Waals surface area contributed by atoms with Crippen LogP contribution in [0.4, 0.5) is 5.69 Å². The number of hydrogen-bond donors (Lipinski definition) is 1. The molecule has 0 atom stereocenters. The lowest BCUT2D eigenvalue weighted by atomic mass is 10.0. The van der Waals surface area contributed by atoms with E-state index >= 15 is 0 Å². The Morgan fingerprint density at radius 1 is 1.15 bits per heavy atom. The number of hydrogen-bond acceptors (Lipinski definition) is 4. The van der Waals surface area contributed by atoms with Gasteiger partial charge in [0.05, 0.1) is 17.8 Å². The molecule has 0 aliphatic carbocycles. The summed E-state index contributed by atoms with van der Waals surface area (Å²) in [5.74, 6) is 0.472. The largest absolute Gasteiger partial charge is 0.493 e. The maximum atomic E-state index is 12.7. The summed E-state index contributed by atoms with van der Waals surface area (Å²) in [6.45, 7) is 4.13. The van der Waals surface area contributed by atoms with Crippen molar-refractivity contribution in [2.24, 2.45) is 0 Å². The van der Waals surface area contributed by atoms with Crippen LogP contribution in [0, 0.1) is 11.3 Å². The molecule has 1 N–H and O–H groups in total. The van der Waals surface area contributed by atoms with Crippen LogP contribution in [-0.2, 0) is 17.8 Å². The van der Waals surface area contributed by atoms with E-state index in [-0.39, 0.29) is 5.57 Å². The number of halogens is 2. The molecule has 3 aromatic rings. The van der Waals surface area contributed by atoms with Crippen LogP contribution in [0.2, 0.25) is 10.0 Å². The van der Waals surface area contributed by atoms with Crippen LogP contribution in [0.1, 0.15) is 16.7 Å². The van der Waals surface area contributed by atoms with Crippen LogP contribution in [-0.4, -0.2) is 13.0 Å². The fourth-order valence-electron chi connectivity index (χ4n) is 3.19. The van der Waals surface area contributed by atoms with Crippen LogP contribution in [0.15, 0.2) is 78.9 Å². The van der Waals surface area contributed by atoms with Crippen LogP contribution < -0.4 is 14.8 Å².